The Balaban J connectivity index is 1.50. The molecule has 0 radical (unpaired) electrons. The fourth-order valence-electron chi connectivity index (χ4n) is 2.14. The fourth-order valence-corrected chi connectivity index (χ4v) is 2.43. The molecular weight excluding hydrogens is 369 g/mol. The van der Waals surface area contributed by atoms with E-state index in [0.29, 0.717) is 27.2 Å². The molecule has 1 amide bonds. The molecule has 2 aromatic carbocycles. The van der Waals surface area contributed by atoms with Crippen molar-refractivity contribution in [3.63, 3.8) is 0 Å². The van der Waals surface area contributed by atoms with Crippen molar-refractivity contribution in [3.05, 3.63) is 52.5 Å². The minimum Gasteiger partial charge on any atom is -0.485 e. The molecule has 25 heavy (non-hydrogen) atoms. The van der Waals surface area contributed by atoms with Gasteiger partial charge in [-0.05, 0) is 30.3 Å². The summed E-state index contributed by atoms with van der Waals surface area (Å²) < 4.78 is 15.9. The van der Waals surface area contributed by atoms with Crippen molar-refractivity contribution in [2.24, 2.45) is 0 Å². The van der Waals surface area contributed by atoms with E-state index in [1.165, 1.54) is 6.07 Å². The van der Waals surface area contributed by atoms with Gasteiger partial charge in [-0.15, -0.1) is 0 Å². The number of anilines is 1. The summed E-state index contributed by atoms with van der Waals surface area (Å²) >= 11 is 11.7. The van der Waals surface area contributed by atoms with Crippen LogP contribution in [0.3, 0.4) is 0 Å². The summed E-state index contributed by atoms with van der Waals surface area (Å²) in [6.07, 6.45) is -0.923. The number of fused-ring (bicyclic) bond motifs is 1. The van der Waals surface area contributed by atoms with Crippen LogP contribution < -0.4 is 14.8 Å². The third-order valence-electron chi connectivity index (χ3n) is 3.32. The molecule has 3 rings (SSSR count). The third kappa shape index (κ3) is 4.35. The molecule has 2 aromatic rings. The molecule has 0 fully saturated rings. The molecule has 0 spiro atoms. The predicted molar refractivity (Wildman–Crippen MR) is 92.4 cm³/mol. The van der Waals surface area contributed by atoms with E-state index < -0.39 is 24.6 Å². The second kappa shape index (κ2) is 7.63. The molecule has 130 valence electrons. The number of hydrogen-bond acceptors (Lipinski definition) is 5. The van der Waals surface area contributed by atoms with Gasteiger partial charge in [0.05, 0.1) is 10.0 Å². The Morgan fingerprint density at radius 1 is 1.12 bits per heavy atom. The van der Waals surface area contributed by atoms with Crippen LogP contribution in [0.4, 0.5) is 5.69 Å². The van der Waals surface area contributed by atoms with E-state index in [2.05, 4.69) is 5.32 Å². The summed E-state index contributed by atoms with van der Waals surface area (Å²) in [6, 6.07) is 11.6. The number of ether oxygens (including phenoxy) is 3. The molecule has 1 atom stereocenters. The quantitative estimate of drug-likeness (QED) is 0.822. The van der Waals surface area contributed by atoms with E-state index in [-0.39, 0.29) is 6.61 Å². The van der Waals surface area contributed by atoms with Crippen LogP contribution >= 0.6 is 23.2 Å². The van der Waals surface area contributed by atoms with Gasteiger partial charge in [-0.2, -0.15) is 0 Å². The summed E-state index contributed by atoms with van der Waals surface area (Å²) in [5.41, 5.74) is 0.446. The number of nitrogens with one attached hydrogen (secondary N) is 1. The lowest BCUT2D eigenvalue weighted by Crippen LogP contribution is -2.39. The van der Waals surface area contributed by atoms with Crippen LogP contribution in [-0.2, 0) is 14.3 Å². The lowest BCUT2D eigenvalue weighted by Gasteiger charge is -2.24. The van der Waals surface area contributed by atoms with Gasteiger partial charge in [-0.1, -0.05) is 35.3 Å². The second-order valence-corrected chi connectivity index (χ2v) is 5.96. The van der Waals surface area contributed by atoms with E-state index in [4.69, 9.17) is 37.4 Å². The molecule has 0 saturated carbocycles. The minimum absolute atomic E-state index is 0.0181. The maximum atomic E-state index is 12.0. The van der Waals surface area contributed by atoms with Crippen LogP contribution in [0.1, 0.15) is 0 Å². The zero-order valence-electron chi connectivity index (χ0n) is 12.8. The van der Waals surface area contributed by atoms with Crippen molar-refractivity contribution in [2.45, 2.75) is 6.10 Å². The molecule has 0 unspecified atom stereocenters. The van der Waals surface area contributed by atoms with Gasteiger partial charge >= 0.3 is 5.97 Å². The monoisotopic (exact) mass is 381 g/mol. The first-order chi connectivity index (χ1) is 12.0. The molecule has 0 aliphatic carbocycles. The molecule has 1 aliphatic heterocycles. The first-order valence-corrected chi connectivity index (χ1v) is 8.08. The summed E-state index contributed by atoms with van der Waals surface area (Å²) in [4.78, 5) is 23.9. The average Bonchev–Trinajstić information content (AvgIpc) is 2.62. The number of para-hydroxylation sites is 2. The van der Waals surface area contributed by atoms with Crippen molar-refractivity contribution < 1.29 is 23.8 Å². The summed E-state index contributed by atoms with van der Waals surface area (Å²) in [6.45, 7) is -0.440. The summed E-state index contributed by atoms with van der Waals surface area (Å²) in [5, 5.41) is 3.24. The topological polar surface area (TPSA) is 73.9 Å². The zero-order valence-corrected chi connectivity index (χ0v) is 14.3. The zero-order chi connectivity index (χ0) is 17.8. The molecule has 0 saturated heterocycles. The lowest BCUT2D eigenvalue weighted by molar-refractivity contribution is -0.156. The van der Waals surface area contributed by atoms with Crippen molar-refractivity contribution in [2.75, 3.05) is 18.5 Å². The third-order valence-corrected chi connectivity index (χ3v) is 4.06. The maximum absolute atomic E-state index is 12.0. The van der Waals surface area contributed by atoms with Crippen LogP contribution in [0.15, 0.2) is 42.5 Å². The molecule has 1 heterocycles. The van der Waals surface area contributed by atoms with E-state index in [1.807, 2.05) is 0 Å². The number of benzene rings is 2. The van der Waals surface area contributed by atoms with Crippen molar-refractivity contribution >= 4 is 40.8 Å². The van der Waals surface area contributed by atoms with Crippen molar-refractivity contribution in [3.8, 4) is 11.5 Å². The average molecular weight is 382 g/mol. The van der Waals surface area contributed by atoms with Gasteiger partial charge in [-0.25, -0.2) is 4.79 Å². The van der Waals surface area contributed by atoms with Gasteiger partial charge < -0.3 is 19.5 Å². The Morgan fingerprint density at radius 2 is 1.88 bits per heavy atom. The number of rotatable bonds is 4. The SMILES string of the molecule is O=C(COC(=O)[C@H]1COc2ccccc2O1)Nc1ccc(Cl)c(Cl)c1. The first kappa shape index (κ1) is 17.4. The Bertz CT molecular complexity index is 811. The van der Waals surface area contributed by atoms with Crippen LogP contribution in [0.5, 0.6) is 11.5 Å². The summed E-state index contributed by atoms with van der Waals surface area (Å²) in [5.74, 6) is -0.178. The second-order valence-electron chi connectivity index (χ2n) is 5.15. The smallest absolute Gasteiger partial charge is 0.351 e. The van der Waals surface area contributed by atoms with Gasteiger partial charge in [0.1, 0.15) is 6.61 Å². The maximum Gasteiger partial charge on any atom is 0.351 e. The normalized spacial score (nSPS) is 15.4. The van der Waals surface area contributed by atoms with E-state index in [0.717, 1.165) is 0 Å². The highest BCUT2D eigenvalue weighted by molar-refractivity contribution is 6.42. The molecule has 8 heteroatoms. The van der Waals surface area contributed by atoms with E-state index in [9.17, 15) is 9.59 Å². The number of amides is 1. The highest BCUT2D eigenvalue weighted by Gasteiger charge is 2.29. The van der Waals surface area contributed by atoms with E-state index in [1.54, 1.807) is 36.4 Å². The van der Waals surface area contributed by atoms with Gasteiger partial charge in [0.15, 0.2) is 18.1 Å². The minimum atomic E-state index is -0.923. The van der Waals surface area contributed by atoms with Crippen LogP contribution in [0, 0.1) is 0 Å². The Morgan fingerprint density at radius 3 is 2.64 bits per heavy atom. The van der Waals surface area contributed by atoms with Gasteiger partial charge in [0.2, 0.25) is 6.10 Å². The number of esters is 1. The lowest BCUT2D eigenvalue weighted by atomic mass is 10.2. The highest BCUT2D eigenvalue weighted by atomic mass is 35.5. The number of carbonyl (C=O) groups excluding carboxylic acids is 2. The standard InChI is InChI=1S/C17H13Cl2NO5/c18-11-6-5-10(7-12(11)19)20-16(21)9-24-17(22)15-8-23-13-3-1-2-4-14(13)25-15/h1-7,15H,8-9H2,(H,20,21)/t15-/m1/s1. The molecule has 6 nitrogen and oxygen atoms in total. The number of halogens is 2. The number of hydrogen-bond donors (Lipinski definition) is 1. The molecule has 1 N–H and O–H groups in total. The largest absolute Gasteiger partial charge is 0.485 e. The molecule has 0 bridgehead atoms. The predicted octanol–water partition coefficient (Wildman–Crippen LogP) is 3.32. The molecule has 1 aliphatic rings. The molecule has 0 aromatic heterocycles. The first-order valence-electron chi connectivity index (χ1n) is 7.33. The Kier molecular flexibility index (Phi) is 5.31. The Hall–Kier alpha value is -2.44. The van der Waals surface area contributed by atoms with E-state index >= 15 is 0 Å². The van der Waals surface area contributed by atoms with Crippen molar-refractivity contribution in [1.29, 1.82) is 0 Å². The van der Waals surface area contributed by atoms with Crippen LogP contribution in [-0.4, -0.2) is 31.2 Å². The van der Waals surface area contributed by atoms with Crippen LogP contribution in [0.2, 0.25) is 10.0 Å². The van der Waals surface area contributed by atoms with Gasteiger partial charge in [-0.3, -0.25) is 4.79 Å². The van der Waals surface area contributed by atoms with Gasteiger partial charge in [0, 0.05) is 5.69 Å². The number of carbonyl (C=O) groups is 2. The molecular formula is C17H13Cl2NO5. The highest BCUT2D eigenvalue weighted by Crippen LogP contribution is 2.31. The summed E-state index contributed by atoms with van der Waals surface area (Å²) in [7, 11) is 0. The van der Waals surface area contributed by atoms with Crippen LogP contribution in [0.25, 0.3) is 0 Å². The van der Waals surface area contributed by atoms with Gasteiger partial charge in [0.25, 0.3) is 5.91 Å². The Labute approximate surface area is 153 Å². The fraction of sp³-hybridized carbons (Fsp3) is 0.176. The van der Waals surface area contributed by atoms with Crippen molar-refractivity contribution in [1.82, 2.24) is 0 Å².